The molecule has 1 saturated heterocycles. The Labute approximate surface area is 343 Å². The molecule has 0 radical (unpaired) electrons. The molecule has 1 rings (SSSR count). The lowest BCUT2D eigenvalue weighted by molar-refractivity contribution is -0.142. The number of aliphatic carboxylic acids is 1. The van der Waals surface area contributed by atoms with Crippen LogP contribution in [0.1, 0.15) is 65.2 Å². The van der Waals surface area contributed by atoms with Crippen LogP contribution in [0.4, 0.5) is 0 Å². The molecule has 7 amide bonds. The molecule has 1 aliphatic rings. The summed E-state index contributed by atoms with van der Waals surface area (Å²) in [5.41, 5.74) is 7.21. The summed E-state index contributed by atoms with van der Waals surface area (Å²) in [6, 6.07) is -13.5. The first-order valence-corrected chi connectivity index (χ1v) is 18.8. The molecule has 0 aromatic rings. The van der Waals surface area contributed by atoms with Crippen LogP contribution in [-0.2, 0) is 52.7 Å². The number of carboxylic acids is 1. The standard InChI is InChI=1S/C34H56N10O16/c1-15(48)17-6-8-25(51)37-10-4-3-5-18(38-21(12-45)29(55)28(54)20(11-24(35)50)41-34(60)27(44-36)16(2)49)30(56)42-23(14-47)33(59)40-19(7-9-26(52)53)31(57)43-22(13-46)32(58)39-17/h16-23,27,38,44-47,49H,3-14,36H2,1-2H3,(H2,35,50)(H,37,51)(H,39,58)(H,40,59)(H,41,60)(H,42,56)(H,43,57)(H,52,53)/t16-,17?,18?,19+,20?,21+,22?,23?,27+/m1/s1. The van der Waals surface area contributed by atoms with Gasteiger partial charge in [0.15, 0.2) is 5.78 Å². The summed E-state index contributed by atoms with van der Waals surface area (Å²) in [5, 5.41) is 65.1. The molecule has 60 heavy (non-hydrogen) atoms. The molecule has 5 unspecified atom stereocenters. The van der Waals surface area contributed by atoms with Gasteiger partial charge in [-0.15, -0.1) is 0 Å². The van der Waals surface area contributed by atoms with Crippen molar-refractivity contribution in [2.45, 2.75) is 120 Å². The fraction of sp³-hybridized carbons (Fsp3) is 0.676. The second kappa shape index (κ2) is 26.6. The highest BCUT2D eigenvalue weighted by molar-refractivity contribution is 6.41. The Hall–Kier alpha value is -5.51. The zero-order valence-electron chi connectivity index (χ0n) is 33.1. The number of primary amides is 1. The van der Waals surface area contributed by atoms with Crippen LogP contribution in [0.3, 0.4) is 0 Å². The van der Waals surface area contributed by atoms with Crippen molar-refractivity contribution in [2.24, 2.45) is 11.6 Å². The Balaban J connectivity index is 3.54. The summed E-state index contributed by atoms with van der Waals surface area (Å²) in [4.78, 5) is 141. The minimum Gasteiger partial charge on any atom is -0.481 e. The number of aliphatic hydroxyl groups excluding tert-OH is 4. The molecule has 0 aliphatic carbocycles. The second-order valence-corrected chi connectivity index (χ2v) is 13.8. The average molecular weight is 861 g/mol. The minimum atomic E-state index is -1.92. The highest BCUT2D eigenvalue weighted by Crippen LogP contribution is 2.09. The van der Waals surface area contributed by atoms with E-state index in [0.29, 0.717) is 0 Å². The number of nitrogens with one attached hydrogen (secondary N) is 8. The van der Waals surface area contributed by atoms with E-state index in [1.807, 2.05) is 5.43 Å². The van der Waals surface area contributed by atoms with E-state index in [1.165, 1.54) is 6.92 Å². The van der Waals surface area contributed by atoms with Crippen molar-refractivity contribution in [1.29, 1.82) is 0 Å². The summed E-state index contributed by atoms with van der Waals surface area (Å²) in [5.74, 6) is -7.04. The maximum atomic E-state index is 13.7. The number of carbonyl (C=O) groups is 11. The van der Waals surface area contributed by atoms with Crippen molar-refractivity contribution in [1.82, 2.24) is 42.6 Å². The highest BCUT2D eigenvalue weighted by atomic mass is 16.4. The number of hydrogen-bond donors (Lipinski definition) is 15. The molecule has 0 saturated carbocycles. The molecular weight excluding hydrogens is 804 g/mol. The average Bonchev–Trinajstić information content (AvgIpc) is 3.18. The quantitative estimate of drug-likeness (QED) is 0.0346. The molecular formula is C34H56N10O16. The zero-order chi connectivity index (χ0) is 45.7. The molecule has 0 bridgehead atoms. The van der Waals surface area contributed by atoms with Crippen LogP contribution in [0, 0.1) is 0 Å². The number of hydrazine groups is 1. The van der Waals surface area contributed by atoms with E-state index in [2.05, 4.69) is 37.2 Å². The van der Waals surface area contributed by atoms with E-state index in [-0.39, 0.29) is 38.6 Å². The summed E-state index contributed by atoms with van der Waals surface area (Å²) < 4.78 is 0. The lowest BCUT2D eigenvalue weighted by Crippen LogP contribution is -2.61. The Morgan fingerprint density at radius 1 is 0.800 bits per heavy atom. The molecule has 338 valence electrons. The molecule has 26 heteroatoms. The van der Waals surface area contributed by atoms with Crippen LogP contribution in [-0.4, -0.2) is 171 Å². The van der Waals surface area contributed by atoms with Gasteiger partial charge in [-0.3, -0.25) is 63.9 Å². The number of amides is 7. The van der Waals surface area contributed by atoms with Crippen molar-refractivity contribution in [3.05, 3.63) is 0 Å². The third-order valence-corrected chi connectivity index (χ3v) is 9.06. The van der Waals surface area contributed by atoms with Crippen LogP contribution in [0.25, 0.3) is 0 Å². The predicted octanol–water partition coefficient (Wildman–Crippen LogP) is -8.53. The SMILES string of the molecule is CC(=O)C1CCC(=O)NCCCCC(N[C@@H](CO)C(=O)C(=O)C(CC(N)=O)NC(=O)[C@@H](NN)[C@@H](C)O)C(=O)NC(CO)C(=O)N[C@@H](CCC(=O)O)C(=O)NC(CO)C(=O)N1. The van der Waals surface area contributed by atoms with Crippen LogP contribution < -0.4 is 54.2 Å². The Bertz CT molecular complexity index is 1580. The van der Waals surface area contributed by atoms with Crippen molar-refractivity contribution < 1.29 is 78.3 Å². The van der Waals surface area contributed by atoms with E-state index in [4.69, 9.17) is 11.6 Å². The number of Topliss-reactive ketones (excluding diaryl/α,β-unsaturated/α-hetero) is 3. The third-order valence-electron chi connectivity index (χ3n) is 9.06. The molecule has 0 aromatic heterocycles. The normalized spacial score (nSPS) is 23.6. The summed E-state index contributed by atoms with van der Waals surface area (Å²) in [7, 11) is 0. The van der Waals surface area contributed by atoms with Crippen LogP contribution >= 0.6 is 0 Å². The summed E-state index contributed by atoms with van der Waals surface area (Å²) >= 11 is 0. The third kappa shape index (κ3) is 17.8. The number of hydrogen-bond acceptors (Lipinski definition) is 18. The fourth-order valence-electron chi connectivity index (χ4n) is 5.65. The maximum absolute atomic E-state index is 13.7. The lowest BCUT2D eigenvalue weighted by Gasteiger charge is -2.27. The molecule has 1 fully saturated rings. The number of rotatable bonds is 18. The summed E-state index contributed by atoms with van der Waals surface area (Å²) in [6.07, 6.45) is -4.11. The van der Waals surface area contributed by atoms with Gasteiger partial charge in [-0.05, 0) is 46.0 Å². The smallest absolute Gasteiger partial charge is 0.303 e. The maximum Gasteiger partial charge on any atom is 0.303 e. The van der Waals surface area contributed by atoms with Gasteiger partial charge < -0.3 is 63.2 Å². The predicted molar refractivity (Wildman–Crippen MR) is 202 cm³/mol. The van der Waals surface area contributed by atoms with E-state index in [1.54, 1.807) is 0 Å². The zero-order valence-corrected chi connectivity index (χ0v) is 33.1. The van der Waals surface area contributed by atoms with Crippen molar-refractivity contribution >= 4 is 64.7 Å². The molecule has 1 heterocycles. The van der Waals surface area contributed by atoms with Gasteiger partial charge in [0.1, 0.15) is 30.2 Å². The molecule has 0 spiro atoms. The first kappa shape index (κ1) is 52.5. The van der Waals surface area contributed by atoms with Crippen molar-refractivity contribution in [3.63, 3.8) is 0 Å². The lowest BCUT2D eigenvalue weighted by atomic mass is 9.98. The van der Waals surface area contributed by atoms with E-state index in [9.17, 15) is 78.3 Å². The van der Waals surface area contributed by atoms with E-state index >= 15 is 0 Å². The van der Waals surface area contributed by atoms with Crippen molar-refractivity contribution in [2.75, 3.05) is 26.4 Å². The van der Waals surface area contributed by atoms with E-state index in [0.717, 1.165) is 6.92 Å². The van der Waals surface area contributed by atoms with Crippen molar-refractivity contribution in [3.8, 4) is 0 Å². The topological polar surface area (TPSA) is 437 Å². The van der Waals surface area contributed by atoms with Gasteiger partial charge in [0, 0.05) is 19.4 Å². The first-order valence-electron chi connectivity index (χ1n) is 18.8. The van der Waals surface area contributed by atoms with Crippen LogP contribution in [0.15, 0.2) is 0 Å². The molecule has 17 N–H and O–H groups in total. The van der Waals surface area contributed by atoms with Gasteiger partial charge in [0.2, 0.25) is 52.9 Å². The number of aliphatic hydroxyl groups is 4. The van der Waals surface area contributed by atoms with Gasteiger partial charge in [0.05, 0.1) is 50.5 Å². The number of nitrogens with two attached hydrogens (primary N) is 2. The Morgan fingerprint density at radius 3 is 1.87 bits per heavy atom. The number of carbonyl (C=O) groups excluding carboxylic acids is 10. The second-order valence-electron chi connectivity index (χ2n) is 13.8. The number of carboxylic acid groups (broad SMARTS) is 1. The van der Waals surface area contributed by atoms with E-state index < -0.39 is 158 Å². The van der Waals surface area contributed by atoms with Crippen LogP contribution in [0.2, 0.25) is 0 Å². The molecule has 9 atom stereocenters. The van der Waals surface area contributed by atoms with Gasteiger partial charge in [0.25, 0.3) is 0 Å². The first-order chi connectivity index (χ1) is 28.2. The fourth-order valence-corrected chi connectivity index (χ4v) is 5.65. The largest absolute Gasteiger partial charge is 0.481 e. The van der Waals surface area contributed by atoms with Gasteiger partial charge in [-0.25, -0.2) is 5.43 Å². The minimum absolute atomic E-state index is 0.00272. The number of ketones is 3. The van der Waals surface area contributed by atoms with Crippen LogP contribution in [0.5, 0.6) is 0 Å². The Morgan fingerprint density at radius 2 is 1.35 bits per heavy atom. The van der Waals surface area contributed by atoms with Gasteiger partial charge in [-0.1, -0.05) is 0 Å². The Kier molecular flexibility index (Phi) is 23.2. The molecule has 0 aromatic carbocycles. The highest BCUT2D eigenvalue weighted by Gasteiger charge is 2.38. The summed E-state index contributed by atoms with van der Waals surface area (Å²) in [6.45, 7) is -1.00. The monoisotopic (exact) mass is 860 g/mol. The van der Waals surface area contributed by atoms with Gasteiger partial charge in [-0.2, -0.15) is 0 Å². The van der Waals surface area contributed by atoms with Gasteiger partial charge >= 0.3 is 5.97 Å². The molecule has 1 aliphatic heterocycles. The molecule has 26 nitrogen and oxygen atoms in total.